The van der Waals surface area contributed by atoms with Gasteiger partial charge in [-0.15, -0.1) is 11.3 Å². The molecule has 5 rings (SSSR count). The van der Waals surface area contributed by atoms with E-state index in [-0.39, 0.29) is 0 Å². The highest BCUT2D eigenvalue weighted by molar-refractivity contribution is 7.07. The normalized spacial score (nSPS) is 22.3. The van der Waals surface area contributed by atoms with E-state index in [1.165, 1.54) is 12.0 Å². The fourth-order valence-corrected chi connectivity index (χ4v) is 5.65. The van der Waals surface area contributed by atoms with Crippen LogP contribution in [0.2, 0.25) is 0 Å². The second-order valence-corrected chi connectivity index (χ2v) is 9.43. The molecule has 1 saturated carbocycles. The zero-order valence-electron chi connectivity index (χ0n) is 19.1. The number of allylic oxidation sites excluding steroid dienone is 2. The third-order valence-corrected chi connectivity index (χ3v) is 7.63. The number of methoxy groups -OCH3 is 3. The van der Waals surface area contributed by atoms with Gasteiger partial charge in [0.05, 0.1) is 33.2 Å². The van der Waals surface area contributed by atoms with Crippen molar-refractivity contribution < 1.29 is 14.2 Å². The summed E-state index contributed by atoms with van der Waals surface area (Å²) in [6.07, 6.45) is 6.80. The van der Waals surface area contributed by atoms with Crippen molar-refractivity contribution in [2.75, 3.05) is 27.9 Å². The Morgan fingerprint density at radius 3 is 2.42 bits per heavy atom. The van der Waals surface area contributed by atoms with Crippen molar-refractivity contribution in [2.24, 2.45) is 27.3 Å². The number of nitrogens with zero attached hydrogens (tertiary/aromatic N) is 3. The molecular formula is C24H31N3O3S. The molecule has 3 aliphatic rings. The van der Waals surface area contributed by atoms with Crippen LogP contribution >= 0.6 is 11.3 Å². The monoisotopic (exact) mass is 441 g/mol. The van der Waals surface area contributed by atoms with Crippen LogP contribution in [0.15, 0.2) is 39.3 Å². The lowest BCUT2D eigenvalue weighted by molar-refractivity contribution is -0.00126. The number of hydrogen-bond donors (Lipinski definition) is 0. The van der Waals surface area contributed by atoms with Crippen LogP contribution in [-0.4, -0.2) is 38.8 Å². The Morgan fingerprint density at radius 1 is 1.16 bits per heavy atom. The lowest BCUT2D eigenvalue weighted by Crippen LogP contribution is -2.48. The first-order chi connectivity index (χ1) is 14.9. The van der Waals surface area contributed by atoms with Crippen molar-refractivity contribution in [3.63, 3.8) is 0 Å². The Kier molecular flexibility index (Phi) is 5.97. The molecule has 0 amide bonds. The van der Waals surface area contributed by atoms with Gasteiger partial charge in [-0.2, -0.15) is 5.10 Å². The minimum atomic E-state index is 0.367. The second kappa shape index (κ2) is 8.54. The van der Waals surface area contributed by atoms with Crippen LogP contribution in [0.1, 0.15) is 33.6 Å². The number of fused-ring (bicyclic) bond motifs is 1. The largest absolute Gasteiger partial charge is 0.493 e. The van der Waals surface area contributed by atoms with Crippen molar-refractivity contribution in [1.29, 1.82) is 0 Å². The van der Waals surface area contributed by atoms with E-state index in [0.717, 1.165) is 28.4 Å². The van der Waals surface area contributed by atoms with E-state index >= 15 is 0 Å². The number of hydrogen-bond acceptors (Lipinski definition) is 6. The molecule has 1 aromatic carbocycles. The summed E-state index contributed by atoms with van der Waals surface area (Å²) in [5, 5.41) is 6.98. The lowest BCUT2D eigenvalue weighted by atomic mass is 9.49. The van der Waals surface area contributed by atoms with Gasteiger partial charge in [-0.25, -0.2) is 4.68 Å². The molecule has 0 aliphatic heterocycles. The average Bonchev–Trinajstić information content (AvgIpc) is 3.19. The predicted molar refractivity (Wildman–Crippen MR) is 125 cm³/mol. The molecule has 2 unspecified atom stereocenters. The first kappa shape index (κ1) is 21.7. The molecule has 0 radical (unpaired) electrons. The van der Waals surface area contributed by atoms with Crippen LogP contribution < -0.4 is 19.0 Å². The first-order valence-corrected chi connectivity index (χ1v) is 11.6. The molecule has 3 aliphatic carbocycles. The number of rotatable bonds is 7. The Labute approximate surface area is 187 Å². The van der Waals surface area contributed by atoms with Gasteiger partial charge in [-0.05, 0) is 54.7 Å². The molecule has 2 bridgehead atoms. The summed E-state index contributed by atoms with van der Waals surface area (Å²) < 4.78 is 18.5. The Morgan fingerprint density at radius 2 is 1.87 bits per heavy atom. The summed E-state index contributed by atoms with van der Waals surface area (Å²) in [5.74, 6) is 3.20. The average molecular weight is 442 g/mol. The number of thiazole rings is 1. The van der Waals surface area contributed by atoms with E-state index in [1.807, 2.05) is 29.9 Å². The van der Waals surface area contributed by atoms with Crippen LogP contribution in [0, 0.1) is 17.3 Å². The molecule has 1 fully saturated rings. The van der Waals surface area contributed by atoms with Crippen molar-refractivity contribution >= 4 is 17.6 Å². The third kappa shape index (κ3) is 3.69. The lowest BCUT2D eigenvalue weighted by Gasteiger charge is -2.55. The molecule has 166 valence electrons. The van der Waals surface area contributed by atoms with Gasteiger partial charge in [-0.3, -0.25) is 4.99 Å². The molecule has 1 aromatic heterocycles. The van der Waals surface area contributed by atoms with E-state index in [9.17, 15) is 0 Å². The zero-order valence-corrected chi connectivity index (χ0v) is 20.0. The Hall–Kier alpha value is -2.54. The van der Waals surface area contributed by atoms with Gasteiger partial charge in [0.2, 0.25) is 10.6 Å². The summed E-state index contributed by atoms with van der Waals surface area (Å²) in [7, 11) is 4.86. The summed E-state index contributed by atoms with van der Waals surface area (Å²) in [6, 6.07) is 3.90. The predicted octanol–water partition coefficient (Wildman–Crippen LogP) is 4.99. The maximum absolute atomic E-state index is 5.55. The Balaban J connectivity index is 1.78. The van der Waals surface area contributed by atoms with Gasteiger partial charge in [0, 0.05) is 17.5 Å². The molecule has 2 atom stereocenters. The van der Waals surface area contributed by atoms with Gasteiger partial charge < -0.3 is 14.2 Å². The first-order valence-electron chi connectivity index (χ1n) is 10.7. The summed E-state index contributed by atoms with van der Waals surface area (Å²) >= 11 is 1.58. The van der Waals surface area contributed by atoms with Gasteiger partial charge in [-0.1, -0.05) is 19.9 Å². The fraction of sp³-hybridized carbons (Fsp3) is 0.500. The molecule has 31 heavy (non-hydrogen) atoms. The van der Waals surface area contributed by atoms with Crippen molar-refractivity contribution in [3.05, 3.63) is 34.0 Å². The van der Waals surface area contributed by atoms with Crippen LogP contribution in [0.25, 0.3) is 11.3 Å². The highest BCUT2D eigenvalue weighted by atomic mass is 32.1. The minimum absolute atomic E-state index is 0.367. The van der Waals surface area contributed by atoms with E-state index in [1.54, 1.807) is 32.7 Å². The summed E-state index contributed by atoms with van der Waals surface area (Å²) in [6.45, 7) is 7.49. The summed E-state index contributed by atoms with van der Waals surface area (Å²) in [4.78, 5) is 5.52. The molecule has 2 aromatic rings. The summed E-state index contributed by atoms with van der Waals surface area (Å²) in [5.41, 5.74) is 3.58. The van der Waals surface area contributed by atoms with Crippen LogP contribution in [0.4, 0.5) is 0 Å². The maximum atomic E-state index is 5.55. The quantitative estimate of drug-likeness (QED) is 0.569. The highest BCUT2D eigenvalue weighted by Gasteiger charge is 2.50. The standard InChI is InChI=1S/C24H31N3O3S/c1-7-25-23-27(26-13-15-8-9-17-12-18(15)24(17,2)3)19(14-31-23)16-10-20(28-4)22(30-6)21(11-16)29-5/h8,10-11,13-14,17-18H,7,9,12H2,1-6H3. The minimum Gasteiger partial charge on any atom is -0.493 e. The van der Waals surface area contributed by atoms with E-state index in [2.05, 4.69) is 30.3 Å². The fourth-order valence-electron chi connectivity index (χ4n) is 4.75. The maximum Gasteiger partial charge on any atom is 0.206 e. The molecular weight excluding hydrogens is 410 g/mol. The molecule has 7 heteroatoms. The van der Waals surface area contributed by atoms with Crippen LogP contribution in [0.5, 0.6) is 17.2 Å². The van der Waals surface area contributed by atoms with Gasteiger partial charge in [0.25, 0.3) is 0 Å². The van der Waals surface area contributed by atoms with Crippen LogP contribution in [-0.2, 0) is 0 Å². The number of benzene rings is 1. The van der Waals surface area contributed by atoms with E-state index in [4.69, 9.17) is 19.3 Å². The molecule has 0 spiro atoms. The van der Waals surface area contributed by atoms with Gasteiger partial charge >= 0.3 is 0 Å². The van der Waals surface area contributed by atoms with E-state index in [0.29, 0.717) is 35.1 Å². The zero-order chi connectivity index (χ0) is 22.2. The van der Waals surface area contributed by atoms with E-state index < -0.39 is 0 Å². The number of ether oxygens (including phenoxy) is 3. The molecule has 6 nitrogen and oxygen atoms in total. The molecule has 1 heterocycles. The molecule has 0 N–H and O–H groups in total. The van der Waals surface area contributed by atoms with Gasteiger partial charge in [0.1, 0.15) is 0 Å². The highest BCUT2D eigenvalue weighted by Crippen LogP contribution is 2.58. The third-order valence-electron chi connectivity index (χ3n) is 6.77. The van der Waals surface area contributed by atoms with Crippen molar-refractivity contribution in [1.82, 2.24) is 4.68 Å². The number of aromatic nitrogens is 1. The van der Waals surface area contributed by atoms with Crippen molar-refractivity contribution in [3.8, 4) is 28.5 Å². The topological polar surface area (TPSA) is 57.3 Å². The van der Waals surface area contributed by atoms with Crippen LogP contribution in [0.3, 0.4) is 0 Å². The smallest absolute Gasteiger partial charge is 0.206 e. The SMILES string of the molecule is CCN=c1scc(-c2cc(OC)c(OC)c(OC)c2)n1N=CC1=CCC2CC1C2(C)C. The molecule has 0 saturated heterocycles. The Bertz CT molecular complexity index is 1070. The van der Waals surface area contributed by atoms with Gasteiger partial charge in [0.15, 0.2) is 11.5 Å². The second-order valence-electron chi connectivity index (χ2n) is 8.59. The van der Waals surface area contributed by atoms with Crippen molar-refractivity contribution in [2.45, 2.75) is 33.6 Å².